The van der Waals surface area contributed by atoms with Gasteiger partial charge in [-0.1, -0.05) is 6.07 Å². The molecule has 0 bridgehead atoms. The van der Waals surface area contributed by atoms with Crippen LogP contribution in [0.4, 0.5) is 13.2 Å². The number of nitriles is 1. The molecule has 0 saturated carbocycles. The van der Waals surface area contributed by atoms with Crippen molar-refractivity contribution < 1.29 is 23.1 Å². The van der Waals surface area contributed by atoms with Gasteiger partial charge >= 0.3 is 12.1 Å². The van der Waals surface area contributed by atoms with Crippen LogP contribution < -0.4 is 0 Å². The highest BCUT2D eigenvalue weighted by molar-refractivity contribution is 5.90. The highest BCUT2D eigenvalue weighted by atomic mass is 19.4. The van der Waals surface area contributed by atoms with Crippen molar-refractivity contribution in [1.29, 1.82) is 5.26 Å². The Balaban J connectivity index is 3.70. The summed E-state index contributed by atoms with van der Waals surface area (Å²) in [5, 5.41) is 17.3. The van der Waals surface area contributed by atoms with Crippen molar-refractivity contribution in [2.75, 3.05) is 0 Å². The monoisotopic (exact) mass is 229 g/mol. The van der Waals surface area contributed by atoms with E-state index in [1.54, 1.807) is 0 Å². The summed E-state index contributed by atoms with van der Waals surface area (Å²) in [5.41, 5.74) is -2.84. The van der Waals surface area contributed by atoms with Crippen molar-refractivity contribution >= 4 is 5.97 Å². The summed E-state index contributed by atoms with van der Waals surface area (Å²) in [6.45, 7) is 1.32. The second-order valence-electron chi connectivity index (χ2n) is 3.09. The van der Waals surface area contributed by atoms with Gasteiger partial charge in [0.25, 0.3) is 0 Å². The Bertz CT molecular complexity index is 486. The summed E-state index contributed by atoms with van der Waals surface area (Å²) in [6, 6.07) is 3.41. The number of benzene rings is 1. The molecule has 0 heterocycles. The minimum absolute atomic E-state index is 0.0971. The lowest BCUT2D eigenvalue weighted by molar-refractivity contribution is -0.138. The molecule has 6 heteroatoms. The number of hydrogen-bond donors (Lipinski definition) is 1. The third kappa shape index (κ3) is 1.98. The number of aromatic carboxylic acids is 1. The van der Waals surface area contributed by atoms with Crippen LogP contribution in [0.5, 0.6) is 0 Å². The van der Waals surface area contributed by atoms with Gasteiger partial charge < -0.3 is 5.11 Å². The van der Waals surface area contributed by atoms with Crippen LogP contribution in [0, 0.1) is 18.3 Å². The third-order valence-corrected chi connectivity index (χ3v) is 2.04. The first-order chi connectivity index (χ1) is 7.29. The Labute approximate surface area is 88.7 Å². The molecule has 0 unspecified atom stereocenters. The maximum atomic E-state index is 12.6. The van der Waals surface area contributed by atoms with Crippen molar-refractivity contribution in [3.8, 4) is 6.07 Å². The second kappa shape index (κ2) is 3.85. The molecule has 1 aromatic rings. The van der Waals surface area contributed by atoms with E-state index in [1.807, 2.05) is 0 Å². The van der Waals surface area contributed by atoms with Gasteiger partial charge in [0, 0.05) is 0 Å². The molecular weight excluding hydrogens is 223 g/mol. The molecule has 1 rings (SSSR count). The summed E-state index contributed by atoms with van der Waals surface area (Å²) < 4.78 is 37.9. The van der Waals surface area contributed by atoms with E-state index in [-0.39, 0.29) is 5.56 Å². The van der Waals surface area contributed by atoms with E-state index in [0.717, 1.165) is 6.07 Å². The molecule has 1 aromatic carbocycles. The molecule has 0 aromatic heterocycles. The molecule has 16 heavy (non-hydrogen) atoms. The molecule has 0 saturated heterocycles. The van der Waals surface area contributed by atoms with E-state index < -0.39 is 28.8 Å². The fourth-order valence-corrected chi connectivity index (χ4v) is 1.32. The van der Waals surface area contributed by atoms with Crippen molar-refractivity contribution in [2.45, 2.75) is 13.1 Å². The van der Waals surface area contributed by atoms with Crippen molar-refractivity contribution in [3.05, 3.63) is 34.4 Å². The van der Waals surface area contributed by atoms with Crippen LogP contribution in [0.25, 0.3) is 0 Å². The van der Waals surface area contributed by atoms with Gasteiger partial charge in [0.15, 0.2) is 0 Å². The third-order valence-electron chi connectivity index (χ3n) is 2.04. The summed E-state index contributed by atoms with van der Waals surface area (Å²) in [4.78, 5) is 10.6. The number of carboxylic acids is 1. The van der Waals surface area contributed by atoms with E-state index in [0.29, 0.717) is 0 Å². The largest absolute Gasteiger partial charge is 0.478 e. The molecule has 0 aliphatic rings. The number of alkyl halides is 3. The van der Waals surface area contributed by atoms with E-state index in [2.05, 4.69) is 0 Å². The first-order valence-electron chi connectivity index (χ1n) is 4.13. The number of halogens is 3. The highest BCUT2D eigenvalue weighted by Gasteiger charge is 2.38. The van der Waals surface area contributed by atoms with Crippen LogP contribution in [-0.2, 0) is 6.18 Å². The molecule has 3 nitrogen and oxygen atoms in total. The molecule has 0 radical (unpaired) electrons. The number of nitrogens with zero attached hydrogens (tertiary/aromatic N) is 1. The fourth-order valence-electron chi connectivity index (χ4n) is 1.32. The predicted molar refractivity (Wildman–Crippen MR) is 47.9 cm³/mol. The Kier molecular flexibility index (Phi) is 2.90. The van der Waals surface area contributed by atoms with Gasteiger partial charge in [-0.2, -0.15) is 18.4 Å². The minimum atomic E-state index is -4.86. The first-order valence-corrected chi connectivity index (χ1v) is 4.13. The van der Waals surface area contributed by atoms with Crippen molar-refractivity contribution in [3.63, 3.8) is 0 Å². The van der Waals surface area contributed by atoms with Gasteiger partial charge in [0.05, 0.1) is 16.7 Å². The number of carbonyl (C=O) groups is 1. The topological polar surface area (TPSA) is 61.1 Å². The zero-order chi connectivity index (χ0) is 12.5. The average Bonchev–Trinajstić information content (AvgIpc) is 2.15. The standard InChI is InChI=1S/C10H6F3NO2/c1-5-2-3-6(9(15)16)8(7(5)4-14)10(11,12)13/h2-3H,1H3,(H,15,16). The van der Waals surface area contributed by atoms with Crippen LogP contribution >= 0.6 is 0 Å². The lowest BCUT2D eigenvalue weighted by Gasteiger charge is -2.13. The molecular formula is C10H6F3NO2. The van der Waals surface area contributed by atoms with E-state index in [4.69, 9.17) is 10.4 Å². The van der Waals surface area contributed by atoms with Crippen molar-refractivity contribution in [1.82, 2.24) is 0 Å². The van der Waals surface area contributed by atoms with Crippen molar-refractivity contribution in [2.24, 2.45) is 0 Å². The Morgan fingerprint density at radius 3 is 2.38 bits per heavy atom. The van der Waals surface area contributed by atoms with Crippen LogP contribution in [0.2, 0.25) is 0 Å². The Hall–Kier alpha value is -2.03. The summed E-state index contributed by atoms with van der Waals surface area (Å²) in [7, 11) is 0. The molecule has 0 amide bonds. The zero-order valence-electron chi connectivity index (χ0n) is 8.09. The zero-order valence-corrected chi connectivity index (χ0v) is 8.09. The quantitative estimate of drug-likeness (QED) is 0.804. The first kappa shape index (κ1) is 12.0. The summed E-state index contributed by atoms with van der Waals surface area (Å²) in [6.07, 6.45) is -4.86. The lowest BCUT2D eigenvalue weighted by Crippen LogP contribution is -2.16. The summed E-state index contributed by atoms with van der Waals surface area (Å²) in [5.74, 6) is -1.70. The van der Waals surface area contributed by atoms with Gasteiger partial charge in [-0.05, 0) is 18.6 Å². The molecule has 84 valence electrons. The maximum absolute atomic E-state index is 12.6. The molecule has 0 atom stereocenters. The number of hydrogen-bond acceptors (Lipinski definition) is 2. The summed E-state index contributed by atoms with van der Waals surface area (Å²) >= 11 is 0. The molecule has 0 spiro atoms. The van der Waals surface area contributed by atoms with Crippen LogP contribution in [0.3, 0.4) is 0 Å². The lowest BCUT2D eigenvalue weighted by atomic mass is 9.97. The molecule has 0 fully saturated rings. The fraction of sp³-hybridized carbons (Fsp3) is 0.200. The number of aryl methyl sites for hydroxylation is 1. The van der Waals surface area contributed by atoms with Gasteiger partial charge in [-0.15, -0.1) is 0 Å². The second-order valence-corrected chi connectivity index (χ2v) is 3.09. The normalized spacial score (nSPS) is 10.9. The molecule has 1 N–H and O–H groups in total. The molecule has 0 aliphatic heterocycles. The smallest absolute Gasteiger partial charge is 0.418 e. The number of rotatable bonds is 1. The van der Waals surface area contributed by atoms with Gasteiger partial charge in [-0.25, -0.2) is 4.79 Å². The molecule has 0 aliphatic carbocycles. The van der Waals surface area contributed by atoms with E-state index >= 15 is 0 Å². The Morgan fingerprint density at radius 1 is 1.44 bits per heavy atom. The van der Waals surface area contributed by atoms with Gasteiger partial charge in [-0.3, -0.25) is 0 Å². The highest BCUT2D eigenvalue weighted by Crippen LogP contribution is 2.35. The SMILES string of the molecule is Cc1ccc(C(=O)O)c(C(F)(F)F)c1C#N. The maximum Gasteiger partial charge on any atom is 0.418 e. The number of carboxylic acid groups (broad SMARTS) is 1. The minimum Gasteiger partial charge on any atom is -0.478 e. The van der Waals surface area contributed by atoms with E-state index in [9.17, 15) is 18.0 Å². The average molecular weight is 229 g/mol. The van der Waals surface area contributed by atoms with Crippen LogP contribution in [0.1, 0.15) is 27.0 Å². The predicted octanol–water partition coefficient (Wildman–Crippen LogP) is 2.58. The Morgan fingerprint density at radius 2 is 2.00 bits per heavy atom. The van der Waals surface area contributed by atoms with Gasteiger partial charge in [0.2, 0.25) is 0 Å². The van der Waals surface area contributed by atoms with Crippen LogP contribution in [-0.4, -0.2) is 11.1 Å². The van der Waals surface area contributed by atoms with E-state index in [1.165, 1.54) is 19.1 Å². The van der Waals surface area contributed by atoms with Gasteiger partial charge in [0.1, 0.15) is 6.07 Å². The van der Waals surface area contributed by atoms with Crippen LogP contribution in [0.15, 0.2) is 12.1 Å².